The predicted octanol–water partition coefficient (Wildman–Crippen LogP) is 2.10. The van der Waals surface area contributed by atoms with Crippen molar-refractivity contribution < 1.29 is 17.8 Å². The number of hydrogen-bond acceptors (Lipinski definition) is 6. The molecule has 0 saturated carbocycles. The van der Waals surface area contributed by atoms with E-state index in [-0.39, 0.29) is 21.8 Å². The van der Waals surface area contributed by atoms with Crippen LogP contribution in [0, 0.1) is 0 Å². The van der Waals surface area contributed by atoms with Crippen molar-refractivity contribution in [2.24, 2.45) is 0 Å². The van der Waals surface area contributed by atoms with Crippen molar-refractivity contribution in [3.05, 3.63) is 72.1 Å². The molecule has 23 heavy (non-hydrogen) atoms. The Bertz CT molecular complexity index is 922. The molecule has 116 valence electrons. The van der Waals surface area contributed by atoms with E-state index in [4.69, 9.17) is 0 Å². The van der Waals surface area contributed by atoms with Crippen LogP contribution in [0.5, 0.6) is 0 Å². The molecule has 0 aliphatic carbocycles. The highest BCUT2D eigenvalue weighted by Crippen LogP contribution is 2.22. The highest BCUT2D eigenvalue weighted by atomic mass is 32.2. The second kappa shape index (κ2) is 6.01. The zero-order chi connectivity index (χ0) is 16.3. The molecule has 3 rings (SSSR count). The minimum Gasteiger partial charge on any atom is -0.287 e. The van der Waals surface area contributed by atoms with E-state index >= 15 is 0 Å². The van der Waals surface area contributed by atoms with E-state index < -0.39 is 15.8 Å². The lowest BCUT2D eigenvalue weighted by Crippen LogP contribution is -2.16. The zero-order valence-corrected chi connectivity index (χ0v) is 12.5. The Morgan fingerprint density at radius 3 is 2.39 bits per heavy atom. The molecule has 0 saturated heterocycles. The molecule has 7 nitrogen and oxygen atoms in total. The smallest absolute Gasteiger partial charge is 0.261 e. The minimum absolute atomic E-state index is 0.00337. The number of benzene rings is 2. The lowest BCUT2D eigenvalue weighted by molar-refractivity contribution is 0.103. The van der Waals surface area contributed by atoms with Crippen LogP contribution in [-0.4, -0.2) is 24.5 Å². The van der Waals surface area contributed by atoms with E-state index in [0.717, 1.165) is 0 Å². The van der Waals surface area contributed by atoms with Gasteiger partial charge in [-0.15, -0.1) is 0 Å². The molecule has 0 radical (unpaired) electrons. The van der Waals surface area contributed by atoms with Gasteiger partial charge in [0, 0.05) is 5.56 Å². The monoisotopic (exact) mass is 329 g/mol. The van der Waals surface area contributed by atoms with Gasteiger partial charge in [0.1, 0.15) is 6.20 Å². The number of carbonyl (C=O) groups is 1. The van der Waals surface area contributed by atoms with Crippen LogP contribution >= 0.6 is 0 Å². The van der Waals surface area contributed by atoms with Crippen molar-refractivity contribution in [3.8, 4) is 0 Å². The first-order valence-electron chi connectivity index (χ1n) is 6.57. The summed E-state index contributed by atoms with van der Waals surface area (Å²) in [4.78, 5) is 12.5. The molecule has 0 spiro atoms. The topological polar surface area (TPSA) is 102 Å². The summed E-state index contributed by atoms with van der Waals surface area (Å²) in [5.41, 5.74) is 0.309. The fourth-order valence-electron chi connectivity index (χ4n) is 1.98. The molecule has 2 aromatic carbocycles. The third-order valence-corrected chi connectivity index (χ3v) is 4.44. The van der Waals surface area contributed by atoms with E-state index in [2.05, 4.69) is 19.7 Å². The van der Waals surface area contributed by atoms with Crippen molar-refractivity contribution >= 4 is 21.5 Å². The summed E-state index contributed by atoms with van der Waals surface area (Å²) in [6, 6.07) is 14.1. The maximum absolute atomic E-state index is 12.4. The molecule has 0 bridgehead atoms. The zero-order valence-electron chi connectivity index (χ0n) is 11.7. The van der Waals surface area contributed by atoms with Gasteiger partial charge in [-0.3, -0.25) is 9.52 Å². The number of rotatable bonds is 5. The number of anilines is 1. The van der Waals surface area contributed by atoms with Crippen LogP contribution in [0.2, 0.25) is 0 Å². The molecule has 1 heterocycles. The number of hydrogen-bond donors (Lipinski definition) is 1. The van der Waals surface area contributed by atoms with Crippen molar-refractivity contribution in [2.45, 2.75) is 4.90 Å². The number of para-hydroxylation sites is 1. The van der Waals surface area contributed by atoms with E-state index in [0.29, 0.717) is 0 Å². The van der Waals surface area contributed by atoms with E-state index in [9.17, 15) is 13.2 Å². The lowest BCUT2D eigenvalue weighted by atomic mass is 10.1. The van der Waals surface area contributed by atoms with Crippen molar-refractivity contribution in [3.63, 3.8) is 0 Å². The Hall–Kier alpha value is -3.00. The van der Waals surface area contributed by atoms with E-state index in [1.54, 1.807) is 30.3 Å². The Labute approximate surface area is 132 Å². The van der Waals surface area contributed by atoms with Crippen LogP contribution in [-0.2, 0) is 10.0 Å². The first-order valence-corrected chi connectivity index (χ1v) is 8.05. The fraction of sp³-hybridized carbons (Fsp3) is 0. The van der Waals surface area contributed by atoms with Crippen molar-refractivity contribution in [1.29, 1.82) is 0 Å². The van der Waals surface area contributed by atoms with Crippen LogP contribution < -0.4 is 4.72 Å². The summed E-state index contributed by atoms with van der Waals surface area (Å²) in [6.07, 6.45) is 1.17. The third-order valence-electron chi connectivity index (χ3n) is 3.06. The van der Waals surface area contributed by atoms with Gasteiger partial charge in [-0.05, 0) is 29.4 Å². The lowest BCUT2D eigenvalue weighted by Gasteiger charge is -2.11. The summed E-state index contributed by atoms with van der Waals surface area (Å²) in [5, 5.41) is 6.85. The SMILES string of the molecule is O=C(c1cnon1)c1ccccc1NS(=O)(=O)c1ccccc1. The molecule has 0 fully saturated rings. The van der Waals surface area contributed by atoms with Crippen LogP contribution in [0.3, 0.4) is 0 Å². The van der Waals surface area contributed by atoms with Crippen LogP contribution in [0.4, 0.5) is 5.69 Å². The highest BCUT2D eigenvalue weighted by Gasteiger charge is 2.20. The number of carbonyl (C=O) groups excluding carboxylic acids is 1. The number of ketones is 1. The maximum atomic E-state index is 12.4. The van der Waals surface area contributed by atoms with Crippen LogP contribution in [0.25, 0.3) is 0 Å². The molecule has 0 atom stereocenters. The second-order valence-electron chi connectivity index (χ2n) is 4.59. The van der Waals surface area contributed by atoms with Gasteiger partial charge in [-0.25, -0.2) is 13.0 Å². The number of aromatic nitrogens is 2. The first-order chi connectivity index (χ1) is 11.1. The van der Waals surface area contributed by atoms with Crippen molar-refractivity contribution in [1.82, 2.24) is 10.3 Å². The molecule has 1 aromatic heterocycles. The number of nitrogens with zero attached hydrogens (tertiary/aromatic N) is 2. The molecule has 3 aromatic rings. The maximum Gasteiger partial charge on any atom is 0.261 e. The molecular weight excluding hydrogens is 318 g/mol. The summed E-state index contributed by atoms with van der Waals surface area (Å²) in [7, 11) is -3.80. The molecule has 8 heteroatoms. The third kappa shape index (κ3) is 3.11. The second-order valence-corrected chi connectivity index (χ2v) is 6.27. The van der Waals surface area contributed by atoms with E-state index in [1.165, 1.54) is 30.5 Å². The van der Waals surface area contributed by atoms with Gasteiger partial charge in [0.05, 0.1) is 10.6 Å². The number of nitrogens with one attached hydrogen (secondary N) is 1. The van der Waals surface area contributed by atoms with Gasteiger partial charge in [-0.2, -0.15) is 0 Å². The minimum atomic E-state index is -3.80. The van der Waals surface area contributed by atoms with Crippen molar-refractivity contribution in [2.75, 3.05) is 4.72 Å². The standard InChI is InChI=1S/C15H11N3O4S/c19-15(14-10-16-22-17-14)12-8-4-5-9-13(12)18-23(20,21)11-6-2-1-3-7-11/h1-10,18H. The predicted molar refractivity (Wildman–Crippen MR) is 81.4 cm³/mol. The molecule has 0 amide bonds. The van der Waals surface area contributed by atoms with Gasteiger partial charge in [-0.1, -0.05) is 35.5 Å². The largest absolute Gasteiger partial charge is 0.287 e. The molecule has 1 N–H and O–H groups in total. The van der Waals surface area contributed by atoms with Gasteiger partial charge >= 0.3 is 0 Å². The fourth-order valence-corrected chi connectivity index (χ4v) is 3.08. The van der Waals surface area contributed by atoms with E-state index in [1.807, 2.05) is 0 Å². The number of sulfonamides is 1. The van der Waals surface area contributed by atoms with Crippen LogP contribution in [0.15, 0.2) is 70.3 Å². The summed E-state index contributed by atoms with van der Waals surface area (Å²) < 4.78 is 31.6. The summed E-state index contributed by atoms with van der Waals surface area (Å²) >= 11 is 0. The molecule has 0 aliphatic heterocycles. The van der Waals surface area contributed by atoms with Gasteiger partial charge in [0.25, 0.3) is 10.0 Å². The molecule has 0 unspecified atom stereocenters. The normalized spacial score (nSPS) is 11.1. The van der Waals surface area contributed by atoms with Crippen LogP contribution in [0.1, 0.15) is 16.1 Å². The Kier molecular flexibility index (Phi) is 3.90. The molecule has 0 aliphatic rings. The molecular formula is C15H11N3O4S. The average Bonchev–Trinajstić information content (AvgIpc) is 3.10. The quantitative estimate of drug-likeness (QED) is 0.719. The highest BCUT2D eigenvalue weighted by molar-refractivity contribution is 7.92. The Morgan fingerprint density at radius 2 is 1.70 bits per heavy atom. The van der Waals surface area contributed by atoms with Gasteiger partial charge in [0.15, 0.2) is 5.69 Å². The van der Waals surface area contributed by atoms with Gasteiger partial charge in [0.2, 0.25) is 5.78 Å². The Morgan fingerprint density at radius 1 is 1.00 bits per heavy atom. The first kappa shape index (κ1) is 14.9. The van der Waals surface area contributed by atoms with Gasteiger partial charge < -0.3 is 0 Å². The summed E-state index contributed by atoms with van der Waals surface area (Å²) in [5.74, 6) is -0.488. The summed E-state index contributed by atoms with van der Waals surface area (Å²) in [6.45, 7) is 0. The average molecular weight is 329 g/mol. The Balaban J connectivity index is 1.97.